The zero-order valence-corrected chi connectivity index (χ0v) is 12.4. The number of nitrogens with zero attached hydrogens (tertiary/aromatic N) is 3. The second-order valence-electron chi connectivity index (χ2n) is 5.08. The van der Waals surface area contributed by atoms with E-state index in [2.05, 4.69) is 4.99 Å². The molecule has 0 radical (unpaired) electrons. The predicted molar refractivity (Wildman–Crippen MR) is 76.7 cm³/mol. The van der Waals surface area contributed by atoms with E-state index in [1.165, 1.54) is 6.08 Å². The minimum atomic E-state index is -1.08. The molecule has 2 aliphatic heterocycles. The summed E-state index contributed by atoms with van der Waals surface area (Å²) < 4.78 is 4.94. The quantitative estimate of drug-likeness (QED) is 0.708. The fourth-order valence-electron chi connectivity index (χ4n) is 2.41. The highest BCUT2D eigenvalue weighted by Crippen LogP contribution is 2.18. The largest absolute Gasteiger partial charge is 0.462 e. The standard InChI is InChI=1S/C15H17N3O4/c1-2-22-15(21)11-7-10(8-16)14(20)17-12(11)9-18-6-4-3-5-13(18)19/h7,10H,2-6,9H2,1H3. The molecule has 2 aliphatic rings. The molecule has 2 rings (SSSR count). The van der Waals surface area contributed by atoms with E-state index in [9.17, 15) is 14.4 Å². The molecule has 7 nitrogen and oxygen atoms in total. The van der Waals surface area contributed by atoms with Crippen LogP contribution in [0.15, 0.2) is 16.6 Å². The Kier molecular flexibility index (Phi) is 5.04. The van der Waals surface area contributed by atoms with E-state index in [4.69, 9.17) is 10.00 Å². The van der Waals surface area contributed by atoms with Gasteiger partial charge in [0, 0.05) is 13.0 Å². The lowest BCUT2D eigenvalue weighted by Crippen LogP contribution is -2.41. The van der Waals surface area contributed by atoms with E-state index in [0.717, 1.165) is 12.8 Å². The Balaban J connectivity index is 2.24. The number of ether oxygens (including phenoxy) is 1. The first-order valence-corrected chi connectivity index (χ1v) is 7.25. The van der Waals surface area contributed by atoms with Crippen LogP contribution in [-0.4, -0.2) is 48.1 Å². The molecule has 1 fully saturated rings. The minimum Gasteiger partial charge on any atom is -0.462 e. The lowest BCUT2D eigenvalue weighted by Gasteiger charge is -2.28. The second kappa shape index (κ2) is 6.98. The average Bonchev–Trinajstić information content (AvgIpc) is 2.50. The van der Waals surface area contributed by atoms with E-state index in [-0.39, 0.29) is 30.3 Å². The van der Waals surface area contributed by atoms with Crippen LogP contribution in [-0.2, 0) is 19.1 Å². The topological polar surface area (TPSA) is 99.8 Å². The van der Waals surface area contributed by atoms with Crippen LogP contribution >= 0.6 is 0 Å². The van der Waals surface area contributed by atoms with E-state index in [1.54, 1.807) is 17.9 Å². The molecule has 2 heterocycles. The van der Waals surface area contributed by atoms with Gasteiger partial charge in [0.2, 0.25) is 5.91 Å². The minimum absolute atomic E-state index is 0.0213. The van der Waals surface area contributed by atoms with Crippen LogP contribution in [0.5, 0.6) is 0 Å². The molecule has 1 saturated heterocycles. The van der Waals surface area contributed by atoms with Crippen molar-refractivity contribution < 1.29 is 19.1 Å². The highest BCUT2D eigenvalue weighted by atomic mass is 16.5. The highest BCUT2D eigenvalue weighted by molar-refractivity contribution is 6.25. The van der Waals surface area contributed by atoms with Gasteiger partial charge in [-0.2, -0.15) is 5.26 Å². The van der Waals surface area contributed by atoms with Gasteiger partial charge in [-0.15, -0.1) is 0 Å². The van der Waals surface area contributed by atoms with Gasteiger partial charge in [-0.05, 0) is 25.8 Å². The summed E-state index contributed by atoms with van der Waals surface area (Å²) in [6, 6.07) is 1.79. The summed E-state index contributed by atoms with van der Waals surface area (Å²) in [4.78, 5) is 41.1. The fraction of sp³-hybridized carbons (Fsp3) is 0.533. The number of nitriles is 1. The number of amides is 2. The van der Waals surface area contributed by atoms with Crippen molar-refractivity contribution in [1.29, 1.82) is 5.26 Å². The van der Waals surface area contributed by atoms with Gasteiger partial charge >= 0.3 is 5.97 Å². The van der Waals surface area contributed by atoms with E-state index < -0.39 is 17.8 Å². The first kappa shape index (κ1) is 15.9. The lowest BCUT2D eigenvalue weighted by molar-refractivity contribution is -0.138. The molecule has 116 valence electrons. The number of carbonyl (C=O) groups is 3. The molecule has 0 saturated carbocycles. The Hall–Kier alpha value is -2.49. The third-order valence-corrected chi connectivity index (χ3v) is 3.55. The summed E-state index contributed by atoms with van der Waals surface area (Å²) in [5.41, 5.74) is 0.302. The maximum Gasteiger partial charge on any atom is 0.339 e. The third kappa shape index (κ3) is 3.39. The number of hydrogen-bond donors (Lipinski definition) is 0. The van der Waals surface area contributed by atoms with Crippen LogP contribution in [0.25, 0.3) is 0 Å². The van der Waals surface area contributed by atoms with Crippen molar-refractivity contribution >= 4 is 23.5 Å². The molecule has 0 aromatic rings. The second-order valence-corrected chi connectivity index (χ2v) is 5.08. The maximum absolute atomic E-state index is 12.0. The summed E-state index contributed by atoms with van der Waals surface area (Å²) in [6.07, 6.45) is 3.46. The number of rotatable bonds is 4. The molecule has 0 aromatic carbocycles. The van der Waals surface area contributed by atoms with Crippen molar-refractivity contribution in [2.24, 2.45) is 10.9 Å². The number of piperidine rings is 1. The van der Waals surface area contributed by atoms with Gasteiger partial charge in [-0.3, -0.25) is 9.59 Å². The Morgan fingerprint density at radius 1 is 1.50 bits per heavy atom. The summed E-state index contributed by atoms with van der Waals surface area (Å²) in [6.45, 7) is 2.51. The van der Waals surface area contributed by atoms with Gasteiger partial charge in [0.1, 0.15) is 5.92 Å². The van der Waals surface area contributed by atoms with E-state index >= 15 is 0 Å². The fourth-order valence-corrected chi connectivity index (χ4v) is 2.41. The smallest absolute Gasteiger partial charge is 0.339 e. The van der Waals surface area contributed by atoms with Crippen molar-refractivity contribution in [2.45, 2.75) is 26.2 Å². The van der Waals surface area contributed by atoms with Crippen LogP contribution in [0.1, 0.15) is 26.2 Å². The molecule has 2 amide bonds. The van der Waals surface area contributed by atoms with Crippen LogP contribution < -0.4 is 0 Å². The molecule has 7 heteroatoms. The molecule has 0 aromatic heterocycles. The maximum atomic E-state index is 12.0. The Bertz CT molecular complexity index is 600. The molecule has 1 atom stereocenters. The number of likely N-dealkylation sites (tertiary alicyclic amines) is 1. The van der Waals surface area contributed by atoms with E-state index in [1.807, 2.05) is 0 Å². The molecule has 22 heavy (non-hydrogen) atoms. The molecular weight excluding hydrogens is 286 g/mol. The number of esters is 1. The van der Waals surface area contributed by atoms with Gasteiger partial charge in [0.25, 0.3) is 5.91 Å². The Morgan fingerprint density at radius 3 is 2.91 bits per heavy atom. The number of hydrogen-bond acceptors (Lipinski definition) is 5. The summed E-state index contributed by atoms with van der Waals surface area (Å²) in [5, 5.41) is 8.94. The van der Waals surface area contributed by atoms with Crippen molar-refractivity contribution in [2.75, 3.05) is 19.7 Å². The van der Waals surface area contributed by atoms with Gasteiger partial charge in [-0.1, -0.05) is 0 Å². The molecule has 1 unspecified atom stereocenters. The lowest BCUT2D eigenvalue weighted by atomic mass is 9.98. The van der Waals surface area contributed by atoms with E-state index in [0.29, 0.717) is 13.0 Å². The van der Waals surface area contributed by atoms with Crippen LogP contribution in [0.4, 0.5) is 0 Å². The molecule has 0 N–H and O–H groups in total. The monoisotopic (exact) mass is 303 g/mol. The summed E-state index contributed by atoms with van der Waals surface area (Å²) >= 11 is 0. The van der Waals surface area contributed by atoms with Gasteiger partial charge in [0.05, 0.1) is 30.5 Å². The molecule has 0 aliphatic carbocycles. The third-order valence-electron chi connectivity index (χ3n) is 3.55. The van der Waals surface area contributed by atoms with Crippen LogP contribution in [0.2, 0.25) is 0 Å². The molecular formula is C15H17N3O4. The summed E-state index contributed by atoms with van der Waals surface area (Å²) in [7, 11) is 0. The predicted octanol–water partition coefficient (Wildman–Crippen LogP) is 0.609. The van der Waals surface area contributed by atoms with Gasteiger partial charge in [0.15, 0.2) is 0 Å². The van der Waals surface area contributed by atoms with Gasteiger partial charge < -0.3 is 9.64 Å². The zero-order chi connectivity index (χ0) is 16.1. The number of dihydropyridines is 1. The highest BCUT2D eigenvalue weighted by Gasteiger charge is 2.31. The average molecular weight is 303 g/mol. The van der Waals surface area contributed by atoms with Crippen molar-refractivity contribution in [3.8, 4) is 6.07 Å². The number of carbonyl (C=O) groups excluding carboxylic acids is 3. The van der Waals surface area contributed by atoms with Crippen LogP contribution in [0, 0.1) is 17.2 Å². The van der Waals surface area contributed by atoms with Crippen molar-refractivity contribution in [3.63, 3.8) is 0 Å². The van der Waals surface area contributed by atoms with Crippen molar-refractivity contribution in [1.82, 2.24) is 4.90 Å². The molecule has 0 spiro atoms. The molecule has 0 bridgehead atoms. The first-order chi connectivity index (χ1) is 10.6. The zero-order valence-electron chi connectivity index (χ0n) is 12.4. The Morgan fingerprint density at radius 2 is 2.27 bits per heavy atom. The number of aliphatic imine (C=N–C) groups is 1. The van der Waals surface area contributed by atoms with Crippen molar-refractivity contribution in [3.05, 3.63) is 11.6 Å². The summed E-state index contributed by atoms with van der Waals surface area (Å²) in [5.74, 6) is -2.35. The Labute approximate surface area is 128 Å². The first-order valence-electron chi connectivity index (χ1n) is 7.25. The normalized spacial score (nSPS) is 21.8. The SMILES string of the molecule is CCOC(=O)C1=CC(C#N)C(=O)N=C1CN1CCCCC1=O. The van der Waals surface area contributed by atoms with Gasteiger partial charge in [-0.25, -0.2) is 9.79 Å². The van der Waals surface area contributed by atoms with Crippen LogP contribution in [0.3, 0.4) is 0 Å².